The molecule has 9 nitrogen and oxygen atoms in total. The molecule has 1 rings (SSSR count). The fraction of sp³-hybridized carbons (Fsp3) is 0.733. The van der Waals surface area contributed by atoms with Gasteiger partial charge in [-0.1, -0.05) is 0 Å². The number of amides is 1. The Labute approximate surface area is 139 Å². The summed E-state index contributed by atoms with van der Waals surface area (Å²) in [5.41, 5.74) is -0.793. The van der Waals surface area contributed by atoms with Gasteiger partial charge in [0.25, 0.3) is 0 Å². The largest absolute Gasteiger partial charge is 0.481 e. The van der Waals surface area contributed by atoms with E-state index in [1.165, 1.54) is 0 Å². The van der Waals surface area contributed by atoms with Crippen molar-refractivity contribution in [1.29, 1.82) is 0 Å². The van der Waals surface area contributed by atoms with Gasteiger partial charge in [0.2, 0.25) is 0 Å². The first-order chi connectivity index (χ1) is 10.9. The summed E-state index contributed by atoms with van der Waals surface area (Å²) in [4.78, 5) is 45.8. The SMILES string of the molecule is CC(=O)OC[C@@H]1[C@H](NC(=O)OC(C)(C)C)[C@@H](C(=O)O)C[C@H]1C(=O)O. The summed E-state index contributed by atoms with van der Waals surface area (Å²) < 4.78 is 9.96. The van der Waals surface area contributed by atoms with Crippen LogP contribution in [0.25, 0.3) is 0 Å². The first kappa shape index (κ1) is 19.7. The third-order valence-corrected chi connectivity index (χ3v) is 3.72. The molecule has 0 aromatic carbocycles. The van der Waals surface area contributed by atoms with E-state index in [-0.39, 0.29) is 13.0 Å². The van der Waals surface area contributed by atoms with Gasteiger partial charge in [0.15, 0.2) is 0 Å². The Balaban J connectivity index is 3.00. The predicted octanol–water partition coefficient (Wildman–Crippen LogP) is 0.864. The van der Waals surface area contributed by atoms with E-state index < -0.39 is 53.4 Å². The number of carbonyl (C=O) groups excluding carboxylic acids is 2. The smallest absolute Gasteiger partial charge is 0.407 e. The topological polar surface area (TPSA) is 139 Å². The van der Waals surface area contributed by atoms with Crippen LogP contribution in [0, 0.1) is 17.8 Å². The van der Waals surface area contributed by atoms with Gasteiger partial charge in [-0.05, 0) is 27.2 Å². The van der Waals surface area contributed by atoms with Gasteiger partial charge in [-0.2, -0.15) is 0 Å². The Morgan fingerprint density at radius 1 is 1.08 bits per heavy atom. The monoisotopic (exact) mass is 345 g/mol. The standard InChI is InChI=1S/C15H23NO8/c1-7(17)23-6-10-8(12(18)19)5-9(13(20)21)11(10)16-14(22)24-15(2,3)4/h8-11H,5-6H2,1-4H3,(H,16,22)(H,18,19)(H,20,21)/t8-,9+,10+,11-/m1/s1. The molecule has 0 spiro atoms. The second-order valence-electron chi connectivity index (χ2n) is 6.76. The molecule has 0 heterocycles. The number of nitrogens with one attached hydrogen (secondary N) is 1. The van der Waals surface area contributed by atoms with Gasteiger partial charge in [0.05, 0.1) is 24.5 Å². The number of ether oxygens (including phenoxy) is 2. The summed E-state index contributed by atoms with van der Waals surface area (Å²) in [5, 5.41) is 21.1. The molecule has 0 aromatic rings. The van der Waals surface area contributed by atoms with Gasteiger partial charge >= 0.3 is 24.0 Å². The highest BCUT2D eigenvalue weighted by molar-refractivity contribution is 5.78. The molecule has 3 N–H and O–H groups in total. The normalized spacial score (nSPS) is 26.5. The molecule has 1 aliphatic carbocycles. The van der Waals surface area contributed by atoms with Crippen LogP contribution in [-0.4, -0.2) is 52.5 Å². The molecular weight excluding hydrogens is 322 g/mol. The minimum atomic E-state index is -1.23. The average molecular weight is 345 g/mol. The van der Waals surface area contributed by atoms with Crippen molar-refractivity contribution in [3.05, 3.63) is 0 Å². The van der Waals surface area contributed by atoms with Crippen molar-refractivity contribution < 1.29 is 38.9 Å². The molecule has 1 amide bonds. The highest BCUT2D eigenvalue weighted by atomic mass is 16.6. The Hall–Kier alpha value is -2.32. The minimum Gasteiger partial charge on any atom is -0.481 e. The number of rotatable bonds is 5. The third-order valence-electron chi connectivity index (χ3n) is 3.72. The lowest BCUT2D eigenvalue weighted by molar-refractivity contribution is -0.149. The number of hydrogen-bond donors (Lipinski definition) is 3. The van der Waals surface area contributed by atoms with E-state index in [1.807, 2.05) is 0 Å². The van der Waals surface area contributed by atoms with E-state index in [9.17, 15) is 29.4 Å². The van der Waals surface area contributed by atoms with Crippen molar-refractivity contribution in [2.75, 3.05) is 6.61 Å². The van der Waals surface area contributed by atoms with E-state index in [0.717, 1.165) is 6.92 Å². The van der Waals surface area contributed by atoms with Crippen molar-refractivity contribution in [3.8, 4) is 0 Å². The molecule has 0 aliphatic heterocycles. The molecule has 0 aromatic heterocycles. The average Bonchev–Trinajstić information content (AvgIpc) is 2.72. The molecule has 0 bridgehead atoms. The van der Waals surface area contributed by atoms with Gasteiger partial charge in [-0.15, -0.1) is 0 Å². The van der Waals surface area contributed by atoms with Crippen LogP contribution in [0.1, 0.15) is 34.1 Å². The van der Waals surface area contributed by atoms with Gasteiger partial charge in [-0.25, -0.2) is 4.79 Å². The molecular formula is C15H23NO8. The number of esters is 1. The fourth-order valence-corrected chi connectivity index (χ4v) is 2.77. The van der Waals surface area contributed by atoms with E-state index in [1.54, 1.807) is 20.8 Å². The number of carbonyl (C=O) groups is 4. The van der Waals surface area contributed by atoms with Gasteiger partial charge in [0.1, 0.15) is 5.60 Å². The van der Waals surface area contributed by atoms with Crippen LogP contribution in [0.5, 0.6) is 0 Å². The third kappa shape index (κ3) is 5.39. The summed E-state index contributed by atoms with van der Waals surface area (Å²) in [6, 6.07) is -1.02. The van der Waals surface area contributed by atoms with E-state index >= 15 is 0 Å². The maximum atomic E-state index is 12.0. The molecule has 24 heavy (non-hydrogen) atoms. The quantitative estimate of drug-likeness (QED) is 0.624. The highest BCUT2D eigenvalue weighted by Gasteiger charge is 2.51. The van der Waals surface area contributed by atoms with Gasteiger partial charge in [-0.3, -0.25) is 14.4 Å². The van der Waals surface area contributed by atoms with Crippen LogP contribution in [0.2, 0.25) is 0 Å². The van der Waals surface area contributed by atoms with Crippen LogP contribution in [0.3, 0.4) is 0 Å². The highest BCUT2D eigenvalue weighted by Crippen LogP contribution is 2.38. The number of carboxylic acids is 2. The predicted molar refractivity (Wildman–Crippen MR) is 80.1 cm³/mol. The van der Waals surface area contributed by atoms with E-state index in [4.69, 9.17) is 9.47 Å². The zero-order valence-electron chi connectivity index (χ0n) is 14.1. The van der Waals surface area contributed by atoms with Crippen molar-refractivity contribution in [2.24, 2.45) is 17.8 Å². The molecule has 0 unspecified atom stereocenters. The summed E-state index contributed by atoms with van der Waals surface area (Å²) >= 11 is 0. The molecule has 1 fully saturated rings. The molecule has 4 atom stereocenters. The first-order valence-corrected chi connectivity index (χ1v) is 7.51. The van der Waals surface area contributed by atoms with Crippen molar-refractivity contribution in [2.45, 2.75) is 45.8 Å². The number of alkyl carbamates (subject to hydrolysis) is 1. The second-order valence-corrected chi connectivity index (χ2v) is 6.76. The van der Waals surface area contributed by atoms with Crippen LogP contribution < -0.4 is 5.32 Å². The molecule has 1 aliphatic rings. The van der Waals surface area contributed by atoms with Gasteiger partial charge < -0.3 is 25.0 Å². The molecule has 0 radical (unpaired) electrons. The molecule has 1 saturated carbocycles. The fourth-order valence-electron chi connectivity index (χ4n) is 2.77. The second kappa shape index (κ2) is 7.50. The Morgan fingerprint density at radius 2 is 1.62 bits per heavy atom. The minimum absolute atomic E-state index is 0.170. The van der Waals surface area contributed by atoms with Crippen molar-refractivity contribution in [1.82, 2.24) is 5.32 Å². The zero-order chi connectivity index (χ0) is 18.7. The zero-order valence-corrected chi connectivity index (χ0v) is 14.1. The number of aliphatic carboxylic acids is 2. The van der Waals surface area contributed by atoms with Crippen LogP contribution in [0.15, 0.2) is 0 Å². The Morgan fingerprint density at radius 3 is 2.04 bits per heavy atom. The van der Waals surface area contributed by atoms with Crippen molar-refractivity contribution in [3.63, 3.8) is 0 Å². The van der Waals surface area contributed by atoms with E-state index in [0.29, 0.717) is 0 Å². The number of carboxylic acid groups (broad SMARTS) is 2. The van der Waals surface area contributed by atoms with Gasteiger partial charge in [0, 0.05) is 12.8 Å². The first-order valence-electron chi connectivity index (χ1n) is 7.51. The lowest BCUT2D eigenvalue weighted by Gasteiger charge is -2.27. The van der Waals surface area contributed by atoms with E-state index in [2.05, 4.69) is 5.32 Å². The number of hydrogen-bond acceptors (Lipinski definition) is 6. The molecule has 9 heteroatoms. The maximum absolute atomic E-state index is 12.0. The molecule has 136 valence electrons. The van der Waals surface area contributed by atoms with Crippen LogP contribution >= 0.6 is 0 Å². The lowest BCUT2D eigenvalue weighted by atomic mass is 9.94. The molecule has 0 saturated heterocycles. The Kier molecular flexibility index (Phi) is 6.16. The van der Waals surface area contributed by atoms with Crippen LogP contribution in [0.4, 0.5) is 4.79 Å². The summed E-state index contributed by atoms with van der Waals surface area (Å²) in [7, 11) is 0. The maximum Gasteiger partial charge on any atom is 0.407 e. The van der Waals surface area contributed by atoms with Crippen molar-refractivity contribution >= 4 is 24.0 Å². The summed E-state index contributed by atoms with van der Waals surface area (Å²) in [6.07, 6.45) is -1.02. The summed E-state index contributed by atoms with van der Waals surface area (Å²) in [5.74, 6) is -6.07. The van der Waals surface area contributed by atoms with Crippen LogP contribution in [-0.2, 0) is 23.9 Å². The lowest BCUT2D eigenvalue weighted by Crippen LogP contribution is -2.48. The summed E-state index contributed by atoms with van der Waals surface area (Å²) in [6.45, 7) is 5.80. The Bertz CT molecular complexity index is 524.